The van der Waals surface area contributed by atoms with Crippen LogP contribution in [0, 0.1) is 5.92 Å². The molecule has 5 nitrogen and oxygen atoms in total. The Labute approximate surface area is 188 Å². The fraction of sp³-hybridized carbons (Fsp3) is 0.480. The topological polar surface area (TPSA) is 48.7 Å². The Morgan fingerprint density at radius 3 is 2.65 bits per heavy atom. The second-order valence-electron chi connectivity index (χ2n) is 8.90. The van der Waals surface area contributed by atoms with E-state index in [1.165, 1.54) is 41.6 Å². The Morgan fingerprint density at radius 1 is 1.03 bits per heavy atom. The predicted molar refractivity (Wildman–Crippen MR) is 127 cm³/mol. The molecule has 2 fully saturated rings. The summed E-state index contributed by atoms with van der Waals surface area (Å²) in [6.07, 6.45) is 7.41. The normalized spacial score (nSPS) is 22.6. The monoisotopic (exact) mass is 437 g/mol. The summed E-state index contributed by atoms with van der Waals surface area (Å²) in [6.45, 7) is 5.72. The molecule has 1 aromatic carbocycles. The van der Waals surface area contributed by atoms with Crippen LogP contribution in [0.4, 0.5) is 5.69 Å². The van der Waals surface area contributed by atoms with Gasteiger partial charge in [0.15, 0.2) is 5.76 Å². The molecule has 6 heteroatoms. The van der Waals surface area contributed by atoms with E-state index in [4.69, 9.17) is 4.42 Å². The van der Waals surface area contributed by atoms with Crippen molar-refractivity contribution in [2.75, 3.05) is 37.6 Å². The number of carbonyl (C=O) groups excluding carboxylic acids is 1. The molecule has 1 aliphatic carbocycles. The van der Waals surface area contributed by atoms with Gasteiger partial charge in [0.1, 0.15) is 0 Å². The van der Waals surface area contributed by atoms with Crippen molar-refractivity contribution < 1.29 is 9.21 Å². The molecular formula is C25H31N3O2S. The van der Waals surface area contributed by atoms with E-state index in [9.17, 15) is 4.79 Å². The summed E-state index contributed by atoms with van der Waals surface area (Å²) < 4.78 is 6.58. The molecule has 1 N–H and O–H groups in total. The fourth-order valence-electron chi connectivity index (χ4n) is 5.09. The zero-order valence-corrected chi connectivity index (χ0v) is 18.8. The zero-order chi connectivity index (χ0) is 21.0. The van der Waals surface area contributed by atoms with Crippen molar-refractivity contribution in [1.29, 1.82) is 0 Å². The number of furan rings is 1. The van der Waals surface area contributed by atoms with E-state index < -0.39 is 0 Å². The molecule has 0 atom stereocenters. The highest BCUT2D eigenvalue weighted by atomic mass is 32.1. The van der Waals surface area contributed by atoms with Crippen molar-refractivity contribution in [2.24, 2.45) is 5.92 Å². The van der Waals surface area contributed by atoms with Crippen LogP contribution in [0.1, 0.15) is 42.7 Å². The molecule has 31 heavy (non-hydrogen) atoms. The molecule has 3 heterocycles. The molecule has 1 saturated carbocycles. The van der Waals surface area contributed by atoms with E-state index in [1.54, 1.807) is 18.4 Å². The van der Waals surface area contributed by atoms with Gasteiger partial charge < -0.3 is 14.6 Å². The number of hydrogen-bond acceptors (Lipinski definition) is 5. The molecule has 5 rings (SSSR count). The molecule has 2 aliphatic rings. The first kappa shape index (κ1) is 20.6. The molecule has 1 amide bonds. The molecule has 0 spiro atoms. The smallest absolute Gasteiger partial charge is 0.287 e. The minimum absolute atomic E-state index is 0.0792. The standard InChI is InChI=1S/C25H31N3O2S/c29-25(23-4-2-17-30-23)26-20-8-6-19(7-9-20)10-12-27-13-15-28(16-14-27)22-3-1-5-24-21(22)11-18-31-24/h1-5,11,17-20H,6-10,12-16H2,(H,26,29)/t19-,20-. The molecule has 2 aromatic heterocycles. The van der Waals surface area contributed by atoms with Crippen molar-refractivity contribution in [3.63, 3.8) is 0 Å². The van der Waals surface area contributed by atoms with Gasteiger partial charge in [-0.25, -0.2) is 0 Å². The lowest BCUT2D eigenvalue weighted by Crippen LogP contribution is -2.47. The van der Waals surface area contributed by atoms with Gasteiger partial charge in [-0.3, -0.25) is 9.69 Å². The van der Waals surface area contributed by atoms with E-state index in [2.05, 4.69) is 44.8 Å². The molecule has 0 bridgehead atoms. The third-order valence-corrected chi connectivity index (χ3v) is 7.85. The minimum atomic E-state index is -0.0792. The highest BCUT2D eigenvalue weighted by molar-refractivity contribution is 7.17. The number of rotatable bonds is 6. The fourth-order valence-corrected chi connectivity index (χ4v) is 5.90. The van der Waals surface area contributed by atoms with Crippen molar-refractivity contribution >= 4 is 33.0 Å². The third kappa shape index (κ3) is 4.80. The van der Waals surface area contributed by atoms with Gasteiger partial charge in [-0.05, 0) is 80.3 Å². The van der Waals surface area contributed by atoms with Crippen LogP contribution >= 0.6 is 11.3 Å². The average molecular weight is 438 g/mol. The third-order valence-electron chi connectivity index (χ3n) is 6.97. The summed E-state index contributed by atoms with van der Waals surface area (Å²) in [5, 5.41) is 6.73. The van der Waals surface area contributed by atoms with Gasteiger partial charge in [-0.2, -0.15) is 0 Å². The van der Waals surface area contributed by atoms with Gasteiger partial charge in [0.05, 0.1) is 6.26 Å². The Balaban J connectivity index is 1.03. The lowest BCUT2D eigenvalue weighted by Gasteiger charge is -2.37. The number of anilines is 1. The first-order valence-electron chi connectivity index (χ1n) is 11.5. The number of nitrogens with zero attached hydrogens (tertiary/aromatic N) is 2. The number of nitrogens with one attached hydrogen (secondary N) is 1. The first-order chi connectivity index (χ1) is 15.3. The summed E-state index contributed by atoms with van der Waals surface area (Å²) in [7, 11) is 0. The molecule has 1 aliphatic heterocycles. The molecule has 3 aromatic rings. The number of hydrogen-bond donors (Lipinski definition) is 1. The summed E-state index contributed by atoms with van der Waals surface area (Å²) in [6, 6.07) is 12.7. The Morgan fingerprint density at radius 2 is 1.87 bits per heavy atom. The van der Waals surface area contributed by atoms with Crippen LogP contribution in [0.5, 0.6) is 0 Å². The molecule has 164 valence electrons. The lowest BCUT2D eigenvalue weighted by molar-refractivity contribution is 0.0891. The van der Waals surface area contributed by atoms with Crippen molar-refractivity contribution in [1.82, 2.24) is 10.2 Å². The molecule has 0 radical (unpaired) electrons. The van der Waals surface area contributed by atoms with Crippen LogP contribution in [0.15, 0.2) is 52.5 Å². The maximum Gasteiger partial charge on any atom is 0.287 e. The van der Waals surface area contributed by atoms with E-state index in [0.29, 0.717) is 5.76 Å². The van der Waals surface area contributed by atoms with E-state index in [-0.39, 0.29) is 11.9 Å². The summed E-state index contributed by atoms with van der Waals surface area (Å²) in [4.78, 5) is 17.3. The zero-order valence-electron chi connectivity index (χ0n) is 18.0. The van der Waals surface area contributed by atoms with Crippen LogP contribution in [0.2, 0.25) is 0 Å². The van der Waals surface area contributed by atoms with Gasteiger partial charge in [0.25, 0.3) is 5.91 Å². The highest BCUT2D eigenvalue weighted by Gasteiger charge is 2.25. The van der Waals surface area contributed by atoms with Crippen LogP contribution in [0.25, 0.3) is 10.1 Å². The Hall–Kier alpha value is -2.31. The SMILES string of the molecule is O=C(N[C@H]1CC[C@H](CCN2CCN(c3cccc4sccc34)CC2)CC1)c1ccco1. The number of amides is 1. The molecular weight excluding hydrogens is 406 g/mol. The van der Waals surface area contributed by atoms with Crippen molar-refractivity contribution in [3.05, 3.63) is 53.8 Å². The second kappa shape index (κ2) is 9.45. The number of piperazine rings is 1. The summed E-state index contributed by atoms with van der Waals surface area (Å²) >= 11 is 1.83. The Bertz CT molecular complexity index is 983. The molecule has 1 saturated heterocycles. The summed E-state index contributed by atoms with van der Waals surface area (Å²) in [5.74, 6) is 1.12. The van der Waals surface area contributed by atoms with Crippen LogP contribution in [-0.2, 0) is 0 Å². The Kier molecular flexibility index (Phi) is 6.27. The van der Waals surface area contributed by atoms with Gasteiger partial charge in [0.2, 0.25) is 0 Å². The predicted octanol–water partition coefficient (Wildman–Crippen LogP) is 5.00. The largest absolute Gasteiger partial charge is 0.459 e. The van der Waals surface area contributed by atoms with Gasteiger partial charge >= 0.3 is 0 Å². The second-order valence-corrected chi connectivity index (χ2v) is 9.84. The maximum absolute atomic E-state index is 12.2. The summed E-state index contributed by atoms with van der Waals surface area (Å²) in [5.41, 5.74) is 1.40. The quantitative estimate of drug-likeness (QED) is 0.590. The maximum atomic E-state index is 12.2. The molecule has 0 unspecified atom stereocenters. The number of carbonyl (C=O) groups is 1. The average Bonchev–Trinajstić information content (AvgIpc) is 3.51. The highest BCUT2D eigenvalue weighted by Crippen LogP contribution is 2.31. The van der Waals surface area contributed by atoms with Crippen molar-refractivity contribution in [3.8, 4) is 0 Å². The first-order valence-corrected chi connectivity index (χ1v) is 12.4. The number of fused-ring (bicyclic) bond motifs is 1. The van der Waals surface area contributed by atoms with E-state index in [1.807, 2.05) is 11.3 Å². The van der Waals surface area contributed by atoms with Crippen molar-refractivity contribution in [2.45, 2.75) is 38.1 Å². The van der Waals surface area contributed by atoms with Gasteiger partial charge in [0, 0.05) is 48.0 Å². The van der Waals surface area contributed by atoms with E-state index in [0.717, 1.165) is 44.9 Å². The van der Waals surface area contributed by atoms with Crippen LogP contribution in [-0.4, -0.2) is 49.6 Å². The van der Waals surface area contributed by atoms with Crippen LogP contribution in [0.3, 0.4) is 0 Å². The van der Waals surface area contributed by atoms with Gasteiger partial charge in [-0.15, -0.1) is 11.3 Å². The van der Waals surface area contributed by atoms with E-state index >= 15 is 0 Å². The number of benzene rings is 1. The number of thiophene rings is 1. The minimum Gasteiger partial charge on any atom is -0.459 e. The van der Waals surface area contributed by atoms with Crippen LogP contribution < -0.4 is 10.2 Å². The lowest BCUT2D eigenvalue weighted by atomic mass is 9.84. The van der Waals surface area contributed by atoms with Gasteiger partial charge in [-0.1, -0.05) is 6.07 Å².